The van der Waals surface area contributed by atoms with E-state index in [9.17, 15) is 34.9 Å². The molecule has 2 aromatic carbocycles. The number of carbonyl (C=O) groups is 2. The van der Waals surface area contributed by atoms with Gasteiger partial charge >= 0.3 is 11.7 Å². The molecule has 0 aliphatic carbocycles. The number of Topliss-reactive ketones (excluding diaryl/α,β-unsaturated/α-hetero) is 1. The minimum absolute atomic E-state index is 0.116. The molecule has 0 aliphatic rings. The summed E-state index contributed by atoms with van der Waals surface area (Å²) in [4.78, 5) is 43.4. The number of hydrogen-bond donors (Lipinski definition) is 1. The Morgan fingerprint density at radius 2 is 1.56 bits per heavy atom. The lowest BCUT2D eigenvalue weighted by molar-refractivity contribution is -0.385. The van der Waals surface area contributed by atoms with Crippen LogP contribution in [0.3, 0.4) is 0 Å². The first-order valence-electron chi connectivity index (χ1n) is 6.72. The highest BCUT2D eigenvalue weighted by atomic mass is 16.6. The predicted molar refractivity (Wildman–Crippen MR) is 82.5 cm³/mol. The van der Waals surface area contributed by atoms with Crippen LogP contribution < -0.4 is 0 Å². The molecular formula is C15H10N2O8. The number of nitrogens with zero attached hydrogens (tertiary/aromatic N) is 2. The van der Waals surface area contributed by atoms with Gasteiger partial charge in [0.25, 0.3) is 5.69 Å². The smallest absolute Gasteiger partial charge is 0.338 e. The molecule has 0 fully saturated rings. The molecule has 0 saturated heterocycles. The molecule has 10 heteroatoms. The Labute approximate surface area is 139 Å². The first-order valence-corrected chi connectivity index (χ1v) is 6.72. The van der Waals surface area contributed by atoms with E-state index in [4.69, 9.17) is 4.74 Å². The number of nitro benzene ring substituents is 2. The molecular weight excluding hydrogens is 336 g/mol. The first kappa shape index (κ1) is 17.5. The Bertz CT molecular complexity index is 860. The minimum Gasteiger partial charge on any atom is -0.502 e. The molecule has 10 nitrogen and oxygen atoms in total. The lowest BCUT2D eigenvalue weighted by atomic mass is 10.1. The molecule has 0 aliphatic heterocycles. The van der Waals surface area contributed by atoms with E-state index in [1.54, 1.807) is 0 Å². The number of non-ortho nitro benzene ring substituents is 1. The second-order valence-electron chi connectivity index (χ2n) is 4.76. The Morgan fingerprint density at radius 1 is 0.960 bits per heavy atom. The van der Waals surface area contributed by atoms with Crippen molar-refractivity contribution in [3.63, 3.8) is 0 Å². The van der Waals surface area contributed by atoms with Gasteiger partial charge in [0.2, 0.25) is 0 Å². The van der Waals surface area contributed by atoms with Gasteiger partial charge in [0.05, 0.1) is 15.4 Å². The van der Waals surface area contributed by atoms with Crippen LogP contribution in [0.15, 0.2) is 42.5 Å². The largest absolute Gasteiger partial charge is 0.502 e. The fourth-order valence-electron chi connectivity index (χ4n) is 1.87. The van der Waals surface area contributed by atoms with Crippen molar-refractivity contribution in [2.45, 2.75) is 0 Å². The lowest BCUT2D eigenvalue weighted by Crippen LogP contribution is -2.14. The third-order valence-electron chi connectivity index (χ3n) is 3.14. The summed E-state index contributed by atoms with van der Waals surface area (Å²) in [6.07, 6.45) is 0. The van der Waals surface area contributed by atoms with Crippen molar-refractivity contribution in [3.8, 4) is 5.75 Å². The first-order chi connectivity index (χ1) is 11.8. The highest BCUT2D eigenvalue weighted by Crippen LogP contribution is 2.26. The molecule has 0 spiro atoms. The van der Waals surface area contributed by atoms with E-state index in [1.165, 1.54) is 12.1 Å². The van der Waals surface area contributed by atoms with E-state index < -0.39 is 39.6 Å². The number of esters is 1. The van der Waals surface area contributed by atoms with Crippen molar-refractivity contribution in [2.24, 2.45) is 0 Å². The molecule has 1 N–H and O–H groups in total. The van der Waals surface area contributed by atoms with Gasteiger partial charge in [-0.1, -0.05) is 0 Å². The molecule has 0 aromatic heterocycles. The summed E-state index contributed by atoms with van der Waals surface area (Å²) in [6.45, 7) is -0.631. The van der Waals surface area contributed by atoms with E-state index in [0.717, 1.165) is 30.3 Å². The fraction of sp³-hybridized carbons (Fsp3) is 0.0667. The van der Waals surface area contributed by atoms with E-state index >= 15 is 0 Å². The van der Waals surface area contributed by atoms with Gasteiger partial charge in [-0.3, -0.25) is 25.0 Å². The lowest BCUT2D eigenvalue weighted by Gasteiger charge is -2.05. The summed E-state index contributed by atoms with van der Waals surface area (Å²) < 4.78 is 4.77. The molecule has 0 amide bonds. The van der Waals surface area contributed by atoms with E-state index in [-0.39, 0.29) is 16.8 Å². The van der Waals surface area contributed by atoms with E-state index in [0.29, 0.717) is 0 Å². The summed E-state index contributed by atoms with van der Waals surface area (Å²) in [7, 11) is 0. The molecule has 0 atom stereocenters. The van der Waals surface area contributed by atoms with Crippen LogP contribution in [0.25, 0.3) is 0 Å². The maximum atomic E-state index is 11.9. The SMILES string of the molecule is O=C(COC(=O)c1ccc([N+](=O)[O-])c(O)c1)c1ccc([N+](=O)[O-])cc1. The quantitative estimate of drug-likeness (QED) is 0.362. The number of hydrogen-bond acceptors (Lipinski definition) is 8. The Hall–Kier alpha value is -3.82. The average Bonchev–Trinajstić information content (AvgIpc) is 2.58. The number of phenols is 1. The molecule has 0 heterocycles. The Morgan fingerprint density at radius 3 is 2.08 bits per heavy atom. The zero-order chi connectivity index (χ0) is 18.6. The normalized spacial score (nSPS) is 10.1. The number of aromatic hydroxyl groups is 1. The van der Waals surface area contributed by atoms with Gasteiger partial charge in [0.15, 0.2) is 18.1 Å². The van der Waals surface area contributed by atoms with Crippen LogP contribution in [0.1, 0.15) is 20.7 Å². The molecule has 0 bridgehead atoms. The third-order valence-corrected chi connectivity index (χ3v) is 3.14. The minimum atomic E-state index is -0.958. The van der Waals surface area contributed by atoms with Crippen molar-refractivity contribution >= 4 is 23.1 Å². The summed E-state index contributed by atoms with van der Waals surface area (Å²) in [5.41, 5.74) is -0.807. The van der Waals surface area contributed by atoms with E-state index in [2.05, 4.69) is 0 Å². The van der Waals surface area contributed by atoms with Gasteiger partial charge < -0.3 is 9.84 Å². The van der Waals surface area contributed by atoms with E-state index in [1.807, 2.05) is 0 Å². The molecule has 2 rings (SSSR count). The number of rotatable bonds is 6. The van der Waals surface area contributed by atoms with Crippen LogP contribution in [-0.4, -0.2) is 33.3 Å². The Kier molecular flexibility index (Phi) is 5.03. The fourth-order valence-corrected chi connectivity index (χ4v) is 1.87. The molecule has 25 heavy (non-hydrogen) atoms. The van der Waals surface area contributed by atoms with Crippen LogP contribution in [-0.2, 0) is 4.74 Å². The van der Waals surface area contributed by atoms with Crippen molar-refractivity contribution in [2.75, 3.05) is 6.61 Å². The van der Waals surface area contributed by atoms with Gasteiger partial charge in [-0.2, -0.15) is 0 Å². The maximum Gasteiger partial charge on any atom is 0.338 e. The summed E-state index contributed by atoms with van der Waals surface area (Å²) in [5, 5.41) is 30.6. The topological polar surface area (TPSA) is 150 Å². The van der Waals surface area contributed by atoms with Crippen LogP contribution in [0, 0.1) is 20.2 Å². The molecule has 0 unspecified atom stereocenters. The summed E-state index contributed by atoms with van der Waals surface area (Å²) >= 11 is 0. The number of phenolic OH excluding ortho intramolecular Hbond substituents is 1. The number of nitro groups is 2. The molecule has 0 radical (unpaired) electrons. The van der Waals surface area contributed by atoms with Crippen LogP contribution in [0.2, 0.25) is 0 Å². The highest BCUT2D eigenvalue weighted by molar-refractivity contribution is 5.99. The number of carbonyl (C=O) groups excluding carboxylic acids is 2. The third kappa shape index (κ3) is 4.13. The van der Waals surface area contributed by atoms with Crippen molar-refractivity contribution < 1.29 is 29.3 Å². The monoisotopic (exact) mass is 346 g/mol. The van der Waals surface area contributed by atoms with Crippen molar-refractivity contribution in [1.82, 2.24) is 0 Å². The number of ether oxygens (including phenoxy) is 1. The predicted octanol–water partition coefficient (Wildman–Crippen LogP) is 2.25. The van der Waals surface area contributed by atoms with Gasteiger partial charge in [0, 0.05) is 29.8 Å². The standard InChI is InChI=1S/C15H10N2O8/c18-13-7-10(3-6-12(13)17(23)24)15(20)25-8-14(19)9-1-4-11(5-2-9)16(21)22/h1-7,18H,8H2. The second-order valence-corrected chi connectivity index (χ2v) is 4.76. The van der Waals surface area contributed by atoms with Crippen LogP contribution in [0.4, 0.5) is 11.4 Å². The second kappa shape index (κ2) is 7.17. The molecule has 128 valence electrons. The maximum absolute atomic E-state index is 11.9. The number of ketones is 1. The average molecular weight is 346 g/mol. The highest BCUT2D eigenvalue weighted by Gasteiger charge is 2.18. The van der Waals surface area contributed by atoms with Crippen LogP contribution in [0.5, 0.6) is 5.75 Å². The van der Waals surface area contributed by atoms with Gasteiger partial charge in [0.1, 0.15) is 0 Å². The van der Waals surface area contributed by atoms with Crippen molar-refractivity contribution in [1.29, 1.82) is 0 Å². The van der Waals surface area contributed by atoms with Gasteiger partial charge in [-0.15, -0.1) is 0 Å². The van der Waals surface area contributed by atoms with Crippen LogP contribution >= 0.6 is 0 Å². The van der Waals surface area contributed by atoms with Gasteiger partial charge in [-0.25, -0.2) is 4.79 Å². The van der Waals surface area contributed by atoms with Gasteiger partial charge in [-0.05, 0) is 18.2 Å². The zero-order valence-corrected chi connectivity index (χ0v) is 12.4. The molecule has 0 saturated carbocycles. The zero-order valence-electron chi connectivity index (χ0n) is 12.4. The Balaban J connectivity index is 2.01. The van der Waals surface area contributed by atoms with Crippen molar-refractivity contribution in [3.05, 3.63) is 73.8 Å². The molecule has 2 aromatic rings. The number of benzene rings is 2. The summed E-state index contributed by atoms with van der Waals surface area (Å²) in [5.74, 6) is -2.25. The summed E-state index contributed by atoms with van der Waals surface area (Å²) in [6, 6.07) is 7.61.